The van der Waals surface area contributed by atoms with Gasteiger partial charge in [0.1, 0.15) is 5.82 Å². The molecule has 0 spiro atoms. The molecule has 2 rings (SSSR count). The largest absolute Gasteiger partial charge is 0.376 e. The van der Waals surface area contributed by atoms with Gasteiger partial charge in [-0.25, -0.2) is 4.79 Å². The van der Waals surface area contributed by atoms with Crippen molar-refractivity contribution >= 4 is 11.8 Å². The van der Waals surface area contributed by atoms with Crippen LogP contribution in [0.15, 0.2) is 6.07 Å². The fourth-order valence-electron chi connectivity index (χ4n) is 1.90. The lowest BCUT2D eigenvalue weighted by molar-refractivity contribution is 0.112. The number of urea groups is 1. The van der Waals surface area contributed by atoms with Crippen LogP contribution in [0.3, 0.4) is 0 Å². The monoisotopic (exact) mass is 238 g/mol. The highest BCUT2D eigenvalue weighted by atomic mass is 16.5. The quantitative estimate of drug-likeness (QED) is 0.826. The number of ether oxygens (including phenoxy) is 1. The van der Waals surface area contributed by atoms with E-state index in [-0.39, 0.29) is 12.1 Å². The number of aromatic nitrogens is 2. The Kier molecular flexibility index (Phi) is 3.63. The molecule has 2 amide bonds. The number of hydrogen-bond donors (Lipinski definition) is 2. The van der Waals surface area contributed by atoms with Gasteiger partial charge in [-0.3, -0.25) is 10.00 Å². The number of hydrogen-bond acceptors (Lipinski definition) is 3. The summed E-state index contributed by atoms with van der Waals surface area (Å²) >= 11 is 0. The van der Waals surface area contributed by atoms with Crippen molar-refractivity contribution in [2.45, 2.75) is 25.9 Å². The Balaban J connectivity index is 1.78. The van der Waals surface area contributed by atoms with E-state index in [9.17, 15) is 4.79 Å². The van der Waals surface area contributed by atoms with Crippen LogP contribution in [0.2, 0.25) is 0 Å². The van der Waals surface area contributed by atoms with Crippen LogP contribution in [0.25, 0.3) is 0 Å². The molecule has 0 saturated carbocycles. The number of nitrogens with one attached hydrogen (secondary N) is 2. The normalized spacial score (nSPS) is 19.3. The van der Waals surface area contributed by atoms with Crippen molar-refractivity contribution in [2.75, 3.05) is 18.5 Å². The van der Waals surface area contributed by atoms with Crippen molar-refractivity contribution in [2.24, 2.45) is 7.05 Å². The first-order valence-electron chi connectivity index (χ1n) is 5.82. The van der Waals surface area contributed by atoms with Crippen molar-refractivity contribution in [1.29, 1.82) is 0 Å². The molecule has 2 N–H and O–H groups in total. The van der Waals surface area contributed by atoms with Gasteiger partial charge < -0.3 is 10.1 Å². The highest BCUT2D eigenvalue weighted by molar-refractivity contribution is 5.88. The van der Waals surface area contributed by atoms with Gasteiger partial charge in [0.2, 0.25) is 0 Å². The van der Waals surface area contributed by atoms with Crippen LogP contribution in [-0.4, -0.2) is 35.1 Å². The van der Waals surface area contributed by atoms with Crippen LogP contribution in [-0.2, 0) is 11.8 Å². The SMILES string of the molecule is Cc1cc(NC(=O)NC[C@@H]2CCCO2)n(C)n1. The lowest BCUT2D eigenvalue weighted by Gasteiger charge is -2.11. The molecule has 94 valence electrons. The Bertz CT molecular complexity index is 396. The van der Waals surface area contributed by atoms with E-state index in [4.69, 9.17) is 4.74 Å². The molecular formula is C11H18N4O2. The third-order valence-corrected chi connectivity index (χ3v) is 2.76. The molecule has 1 atom stereocenters. The van der Waals surface area contributed by atoms with Gasteiger partial charge in [-0.1, -0.05) is 0 Å². The molecule has 1 saturated heterocycles. The molecule has 1 aromatic rings. The van der Waals surface area contributed by atoms with Gasteiger partial charge in [0.25, 0.3) is 0 Å². The van der Waals surface area contributed by atoms with Crippen molar-refractivity contribution < 1.29 is 9.53 Å². The lowest BCUT2D eigenvalue weighted by Crippen LogP contribution is -2.35. The van der Waals surface area contributed by atoms with E-state index in [1.165, 1.54) is 0 Å². The molecule has 1 aromatic heterocycles. The van der Waals surface area contributed by atoms with Gasteiger partial charge in [-0.2, -0.15) is 5.10 Å². The summed E-state index contributed by atoms with van der Waals surface area (Å²) in [5.41, 5.74) is 0.877. The zero-order valence-corrected chi connectivity index (χ0v) is 10.2. The highest BCUT2D eigenvalue weighted by Crippen LogP contribution is 2.11. The number of aryl methyl sites for hydroxylation is 2. The minimum Gasteiger partial charge on any atom is -0.376 e. The van der Waals surface area contributed by atoms with Crippen LogP contribution in [0.1, 0.15) is 18.5 Å². The average molecular weight is 238 g/mol. The van der Waals surface area contributed by atoms with Gasteiger partial charge >= 0.3 is 6.03 Å². The maximum Gasteiger partial charge on any atom is 0.320 e. The van der Waals surface area contributed by atoms with Crippen molar-refractivity contribution in [3.8, 4) is 0 Å². The van der Waals surface area contributed by atoms with E-state index in [2.05, 4.69) is 15.7 Å². The van der Waals surface area contributed by atoms with E-state index in [0.29, 0.717) is 12.4 Å². The number of nitrogens with zero attached hydrogens (tertiary/aromatic N) is 2. The molecule has 6 nitrogen and oxygen atoms in total. The molecular weight excluding hydrogens is 220 g/mol. The zero-order valence-electron chi connectivity index (χ0n) is 10.2. The molecule has 1 fully saturated rings. The van der Waals surface area contributed by atoms with Crippen LogP contribution >= 0.6 is 0 Å². The minimum atomic E-state index is -0.219. The van der Waals surface area contributed by atoms with Crippen LogP contribution in [0.5, 0.6) is 0 Å². The summed E-state index contributed by atoms with van der Waals surface area (Å²) in [6.07, 6.45) is 2.26. The summed E-state index contributed by atoms with van der Waals surface area (Å²) in [7, 11) is 1.79. The summed E-state index contributed by atoms with van der Waals surface area (Å²) in [6, 6.07) is 1.61. The molecule has 2 heterocycles. The summed E-state index contributed by atoms with van der Waals surface area (Å²) in [5.74, 6) is 0.687. The second-order valence-electron chi connectivity index (χ2n) is 4.26. The molecule has 0 aliphatic carbocycles. The van der Waals surface area contributed by atoms with Gasteiger partial charge in [0.05, 0.1) is 11.8 Å². The average Bonchev–Trinajstić information content (AvgIpc) is 2.87. The molecule has 0 aromatic carbocycles. The van der Waals surface area contributed by atoms with E-state index in [0.717, 1.165) is 25.1 Å². The Labute approximate surface area is 100 Å². The first-order chi connectivity index (χ1) is 8.15. The van der Waals surface area contributed by atoms with Crippen molar-refractivity contribution in [1.82, 2.24) is 15.1 Å². The molecule has 1 aliphatic rings. The fourth-order valence-corrected chi connectivity index (χ4v) is 1.90. The fraction of sp³-hybridized carbons (Fsp3) is 0.636. The maximum absolute atomic E-state index is 11.6. The number of anilines is 1. The minimum absolute atomic E-state index is 0.161. The Morgan fingerprint density at radius 2 is 2.53 bits per heavy atom. The highest BCUT2D eigenvalue weighted by Gasteiger charge is 2.16. The summed E-state index contributed by atoms with van der Waals surface area (Å²) in [5, 5.41) is 9.69. The standard InChI is InChI=1S/C11H18N4O2/c1-8-6-10(15(2)14-8)13-11(16)12-7-9-4-3-5-17-9/h6,9H,3-5,7H2,1-2H3,(H2,12,13,16)/t9-/m0/s1. The topological polar surface area (TPSA) is 68.2 Å². The van der Waals surface area contributed by atoms with Gasteiger partial charge in [0, 0.05) is 26.3 Å². The number of carbonyl (C=O) groups is 1. The van der Waals surface area contributed by atoms with Gasteiger partial charge in [-0.05, 0) is 19.8 Å². The molecule has 1 aliphatic heterocycles. The van der Waals surface area contributed by atoms with E-state index in [1.54, 1.807) is 11.7 Å². The maximum atomic E-state index is 11.6. The van der Waals surface area contributed by atoms with Gasteiger partial charge in [-0.15, -0.1) is 0 Å². The molecule has 6 heteroatoms. The Morgan fingerprint density at radius 1 is 1.71 bits per heavy atom. The third kappa shape index (κ3) is 3.20. The van der Waals surface area contributed by atoms with Crippen LogP contribution in [0.4, 0.5) is 10.6 Å². The van der Waals surface area contributed by atoms with Gasteiger partial charge in [0.15, 0.2) is 0 Å². The van der Waals surface area contributed by atoms with E-state index >= 15 is 0 Å². The molecule has 17 heavy (non-hydrogen) atoms. The smallest absolute Gasteiger partial charge is 0.320 e. The Morgan fingerprint density at radius 3 is 3.12 bits per heavy atom. The number of carbonyl (C=O) groups excluding carboxylic acids is 1. The molecule has 0 radical (unpaired) electrons. The molecule has 0 bridgehead atoms. The van der Waals surface area contributed by atoms with E-state index < -0.39 is 0 Å². The number of rotatable bonds is 3. The van der Waals surface area contributed by atoms with E-state index in [1.807, 2.05) is 13.0 Å². The zero-order chi connectivity index (χ0) is 12.3. The Hall–Kier alpha value is -1.56. The second kappa shape index (κ2) is 5.18. The predicted molar refractivity (Wildman–Crippen MR) is 63.9 cm³/mol. The first-order valence-corrected chi connectivity index (χ1v) is 5.82. The second-order valence-corrected chi connectivity index (χ2v) is 4.26. The number of amides is 2. The lowest BCUT2D eigenvalue weighted by atomic mass is 10.2. The van der Waals surface area contributed by atoms with Crippen molar-refractivity contribution in [3.63, 3.8) is 0 Å². The summed E-state index contributed by atoms with van der Waals surface area (Å²) < 4.78 is 7.06. The summed E-state index contributed by atoms with van der Waals surface area (Å²) in [4.78, 5) is 11.6. The summed E-state index contributed by atoms with van der Waals surface area (Å²) in [6.45, 7) is 3.24. The third-order valence-electron chi connectivity index (χ3n) is 2.76. The molecule has 0 unspecified atom stereocenters. The predicted octanol–water partition coefficient (Wildman–Crippen LogP) is 1.03. The first kappa shape index (κ1) is 11.9. The van der Waals surface area contributed by atoms with Crippen LogP contribution in [0, 0.1) is 6.92 Å². The van der Waals surface area contributed by atoms with Crippen molar-refractivity contribution in [3.05, 3.63) is 11.8 Å². The van der Waals surface area contributed by atoms with Crippen LogP contribution < -0.4 is 10.6 Å².